The van der Waals surface area contributed by atoms with Crippen molar-refractivity contribution in [1.82, 2.24) is 14.8 Å². The van der Waals surface area contributed by atoms with Gasteiger partial charge in [-0.1, -0.05) is 54.1 Å². The fourth-order valence-corrected chi connectivity index (χ4v) is 2.99. The first-order valence-corrected chi connectivity index (χ1v) is 7.47. The van der Waals surface area contributed by atoms with Crippen LogP contribution in [0.25, 0.3) is 0 Å². The third-order valence-electron chi connectivity index (χ3n) is 3.99. The molecule has 2 heterocycles. The summed E-state index contributed by atoms with van der Waals surface area (Å²) in [7, 11) is 0. The van der Waals surface area contributed by atoms with Gasteiger partial charge in [0.1, 0.15) is 24.4 Å². The summed E-state index contributed by atoms with van der Waals surface area (Å²) in [4.78, 5) is 4.01. The Morgan fingerprint density at radius 1 is 1.09 bits per heavy atom. The first-order valence-electron chi connectivity index (χ1n) is 7.09. The van der Waals surface area contributed by atoms with E-state index in [0.29, 0.717) is 6.54 Å². The summed E-state index contributed by atoms with van der Waals surface area (Å²) in [5, 5.41) is 4.93. The fourth-order valence-electron chi connectivity index (χ4n) is 2.86. The van der Waals surface area contributed by atoms with Crippen molar-refractivity contribution in [3.05, 3.63) is 83.4 Å². The predicted octanol–water partition coefficient (Wildman–Crippen LogP) is 3.60. The Morgan fingerprint density at radius 2 is 1.86 bits per heavy atom. The second-order valence-electron chi connectivity index (χ2n) is 5.40. The lowest BCUT2D eigenvalue weighted by atomic mass is 9.91. The summed E-state index contributed by atoms with van der Waals surface area (Å²) >= 11 is 6.01. The van der Waals surface area contributed by atoms with Crippen LogP contribution in [0.1, 0.15) is 17.2 Å². The summed E-state index contributed by atoms with van der Waals surface area (Å²) in [6, 6.07) is 18.1. The van der Waals surface area contributed by atoms with Gasteiger partial charge in [-0.2, -0.15) is 5.10 Å². The first kappa shape index (κ1) is 13.5. The lowest BCUT2D eigenvalue weighted by Gasteiger charge is -2.14. The van der Waals surface area contributed by atoms with E-state index in [4.69, 9.17) is 16.3 Å². The lowest BCUT2D eigenvalue weighted by molar-refractivity contribution is 0.262. The lowest BCUT2D eigenvalue weighted by Crippen LogP contribution is -2.19. The maximum Gasteiger partial charge on any atom is 0.144 e. The number of nitrogens with zero attached hydrogens (tertiary/aromatic N) is 3. The summed E-state index contributed by atoms with van der Waals surface area (Å²) in [6.07, 6.45) is 3.26. The maximum atomic E-state index is 6.16. The molecule has 1 aliphatic heterocycles. The van der Waals surface area contributed by atoms with Gasteiger partial charge in [0.25, 0.3) is 0 Å². The molecule has 1 saturated heterocycles. The van der Waals surface area contributed by atoms with Crippen LogP contribution in [-0.4, -0.2) is 14.8 Å². The highest BCUT2D eigenvalue weighted by Gasteiger charge is 2.58. The molecule has 4 rings (SSSR count). The third kappa shape index (κ3) is 2.30. The van der Waals surface area contributed by atoms with Crippen molar-refractivity contribution in [3.63, 3.8) is 0 Å². The molecule has 4 nitrogen and oxygen atoms in total. The van der Waals surface area contributed by atoms with Gasteiger partial charge in [0.05, 0.1) is 6.54 Å². The van der Waals surface area contributed by atoms with Gasteiger partial charge in [0.2, 0.25) is 0 Å². The Balaban J connectivity index is 1.72. The highest BCUT2D eigenvalue weighted by molar-refractivity contribution is 6.30. The Hall–Kier alpha value is -2.17. The minimum absolute atomic E-state index is 0.0130. The standard InChI is InChI=1S/C17H14ClN3O/c18-15-8-6-14(7-9-15)17(10-21-12-19-11-20-21)16(22-17)13-4-2-1-3-5-13/h1-9,11-12,16H,10H2/t16-,17-/m0/s1. The topological polar surface area (TPSA) is 43.2 Å². The van der Waals surface area contributed by atoms with E-state index < -0.39 is 5.60 Å². The molecule has 1 aliphatic rings. The second kappa shape index (κ2) is 5.23. The number of epoxide rings is 1. The van der Waals surface area contributed by atoms with E-state index in [0.717, 1.165) is 16.1 Å². The van der Waals surface area contributed by atoms with Crippen LogP contribution in [0, 0.1) is 0 Å². The molecular weight excluding hydrogens is 298 g/mol. The second-order valence-corrected chi connectivity index (χ2v) is 5.83. The van der Waals surface area contributed by atoms with E-state index in [9.17, 15) is 0 Å². The molecular formula is C17H14ClN3O. The number of hydrogen-bond acceptors (Lipinski definition) is 3. The molecule has 3 aromatic rings. The third-order valence-corrected chi connectivity index (χ3v) is 4.25. The maximum absolute atomic E-state index is 6.16. The molecule has 0 radical (unpaired) electrons. The van der Waals surface area contributed by atoms with Gasteiger partial charge < -0.3 is 4.74 Å². The van der Waals surface area contributed by atoms with Gasteiger partial charge in [0, 0.05) is 5.02 Å². The molecule has 0 N–H and O–H groups in total. The highest BCUT2D eigenvalue weighted by atomic mass is 35.5. The van der Waals surface area contributed by atoms with Crippen LogP contribution in [0.2, 0.25) is 5.02 Å². The van der Waals surface area contributed by atoms with Crippen LogP contribution >= 0.6 is 11.6 Å². The molecule has 0 bridgehead atoms. The van der Waals surface area contributed by atoms with Crippen molar-refractivity contribution in [2.45, 2.75) is 18.2 Å². The SMILES string of the molecule is Clc1ccc([C@]2(Cn3cncn3)O[C@H]2c2ccccc2)cc1. The molecule has 0 saturated carbocycles. The van der Waals surface area contributed by atoms with E-state index >= 15 is 0 Å². The van der Waals surface area contributed by atoms with Crippen LogP contribution in [-0.2, 0) is 16.9 Å². The Kier molecular flexibility index (Phi) is 3.21. The van der Waals surface area contributed by atoms with Crippen molar-refractivity contribution in [1.29, 1.82) is 0 Å². The van der Waals surface area contributed by atoms with E-state index in [1.807, 2.05) is 42.5 Å². The summed E-state index contributed by atoms with van der Waals surface area (Å²) in [6.45, 7) is 0.619. The van der Waals surface area contributed by atoms with Crippen molar-refractivity contribution in [2.24, 2.45) is 0 Å². The summed E-state index contributed by atoms with van der Waals surface area (Å²) in [5.41, 5.74) is 1.85. The number of rotatable bonds is 4. The normalized spacial score (nSPS) is 23.4. The van der Waals surface area contributed by atoms with Gasteiger partial charge in [-0.3, -0.25) is 0 Å². The Labute approximate surface area is 133 Å². The van der Waals surface area contributed by atoms with E-state index in [2.05, 4.69) is 22.2 Å². The largest absolute Gasteiger partial charge is 0.354 e. The van der Waals surface area contributed by atoms with E-state index in [-0.39, 0.29) is 6.10 Å². The quantitative estimate of drug-likeness (QED) is 0.691. The molecule has 0 aliphatic carbocycles. The fraction of sp³-hybridized carbons (Fsp3) is 0.176. The van der Waals surface area contributed by atoms with Crippen LogP contribution in [0.4, 0.5) is 0 Å². The molecule has 110 valence electrons. The molecule has 5 heteroatoms. The molecule has 2 aromatic carbocycles. The minimum atomic E-state index is -0.417. The number of ether oxygens (including phenoxy) is 1. The zero-order valence-corrected chi connectivity index (χ0v) is 12.5. The monoisotopic (exact) mass is 311 g/mol. The summed E-state index contributed by atoms with van der Waals surface area (Å²) < 4.78 is 7.96. The van der Waals surface area contributed by atoms with E-state index in [1.165, 1.54) is 6.33 Å². The molecule has 22 heavy (non-hydrogen) atoms. The number of benzene rings is 2. The molecule has 1 fully saturated rings. The van der Waals surface area contributed by atoms with Crippen LogP contribution in [0.5, 0.6) is 0 Å². The average molecular weight is 312 g/mol. The molecule has 0 spiro atoms. The van der Waals surface area contributed by atoms with Crippen LogP contribution in [0.3, 0.4) is 0 Å². The average Bonchev–Trinajstić information content (AvgIpc) is 3.04. The zero-order valence-electron chi connectivity index (χ0n) is 11.8. The highest BCUT2D eigenvalue weighted by Crippen LogP contribution is 2.57. The predicted molar refractivity (Wildman–Crippen MR) is 83.4 cm³/mol. The van der Waals surface area contributed by atoms with Crippen LogP contribution in [0.15, 0.2) is 67.3 Å². The van der Waals surface area contributed by atoms with Gasteiger partial charge in [-0.25, -0.2) is 9.67 Å². The molecule has 1 aromatic heterocycles. The zero-order chi connectivity index (χ0) is 15.0. The molecule has 2 atom stereocenters. The van der Waals surface area contributed by atoms with Gasteiger partial charge in [-0.05, 0) is 23.3 Å². The number of halogens is 1. The smallest absolute Gasteiger partial charge is 0.144 e. The number of aromatic nitrogens is 3. The minimum Gasteiger partial charge on any atom is -0.354 e. The van der Waals surface area contributed by atoms with Crippen molar-refractivity contribution in [2.75, 3.05) is 0 Å². The molecule has 0 unspecified atom stereocenters. The summed E-state index contributed by atoms with van der Waals surface area (Å²) in [5.74, 6) is 0. The Morgan fingerprint density at radius 3 is 2.55 bits per heavy atom. The van der Waals surface area contributed by atoms with E-state index in [1.54, 1.807) is 11.0 Å². The first-order chi connectivity index (χ1) is 10.8. The van der Waals surface area contributed by atoms with Crippen molar-refractivity contribution in [3.8, 4) is 0 Å². The van der Waals surface area contributed by atoms with Gasteiger partial charge in [-0.15, -0.1) is 0 Å². The van der Waals surface area contributed by atoms with Crippen molar-refractivity contribution >= 4 is 11.6 Å². The van der Waals surface area contributed by atoms with Crippen molar-refractivity contribution < 1.29 is 4.74 Å². The number of hydrogen-bond donors (Lipinski definition) is 0. The molecule has 0 amide bonds. The van der Waals surface area contributed by atoms with Gasteiger partial charge >= 0.3 is 0 Å². The Bertz CT molecular complexity index is 758. The van der Waals surface area contributed by atoms with Gasteiger partial charge in [0.15, 0.2) is 0 Å². The van der Waals surface area contributed by atoms with Crippen LogP contribution < -0.4 is 0 Å².